The van der Waals surface area contributed by atoms with E-state index in [0.29, 0.717) is 17.2 Å². The first-order valence-electron chi connectivity index (χ1n) is 5.24. The lowest BCUT2D eigenvalue weighted by Gasteiger charge is -2.13. The van der Waals surface area contributed by atoms with Gasteiger partial charge >= 0.3 is 6.18 Å². The van der Waals surface area contributed by atoms with Gasteiger partial charge in [-0.2, -0.15) is 13.2 Å². The van der Waals surface area contributed by atoms with Crippen molar-refractivity contribution >= 4 is 0 Å². The Morgan fingerprint density at radius 1 is 1.31 bits per heavy atom. The maximum atomic E-state index is 12.5. The highest BCUT2D eigenvalue weighted by molar-refractivity contribution is 5.41. The van der Waals surface area contributed by atoms with Crippen molar-refractivity contribution in [2.45, 2.75) is 38.5 Å². The molecule has 1 atom stereocenters. The summed E-state index contributed by atoms with van der Waals surface area (Å²) in [5.74, 6) is 0.682. The predicted octanol–water partition coefficient (Wildman–Crippen LogP) is 3.68. The van der Waals surface area contributed by atoms with Crippen LogP contribution in [0.4, 0.5) is 13.2 Å². The number of fused-ring (bicyclic) bond motifs is 1. The smallest absolute Gasteiger partial charge is 0.425 e. The third-order valence-corrected chi connectivity index (χ3v) is 2.79. The van der Waals surface area contributed by atoms with Crippen LogP contribution < -0.4 is 4.74 Å². The quantitative estimate of drug-likeness (QED) is 0.715. The second kappa shape index (κ2) is 3.68. The molecule has 1 heterocycles. The fraction of sp³-hybridized carbons (Fsp3) is 0.500. The van der Waals surface area contributed by atoms with Crippen LogP contribution in [-0.2, 0) is 6.42 Å². The number of benzene rings is 1. The summed E-state index contributed by atoms with van der Waals surface area (Å²) in [6.45, 7) is 4.03. The molecule has 0 N–H and O–H groups in total. The summed E-state index contributed by atoms with van der Waals surface area (Å²) in [7, 11) is 0. The molecular formula is C12H13F3O. The van der Waals surface area contributed by atoms with Gasteiger partial charge in [0.2, 0.25) is 0 Å². The van der Waals surface area contributed by atoms with Gasteiger partial charge < -0.3 is 4.74 Å². The molecule has 1 aliphatic heterocycles. The molecule has 0 bridgehead atoms. The standard InChI is InChI=1S/C12H13F3O/c1-7(2)8-3-4-10-9(5-8)6-11(16-10)12(13,14)15/h3-5,7,11H,6H2,1-2H3. The van der Waals surface area contributed by atoms with Crippen molar-refractivity contribution in [3.8, 4) is 5.75 Å². The molecule has 88 valence electrons. The van der Waals surface area contributed by atoms with Crippen LogP contribution in [0.3, 0.4) is 0 Å². The zero-order valence-electron chi connectivity index (χ0n) is 9.14. The molecule has 0 spiro atoms. The van der Waals surface area contributed by atoms with E-state index in [1.165, 1.54) is 0 Å². The lowest BCUT2D eigenvalue weighted by molar-refractivity contribution is -0.189. The molecule has 0 saturated heterocycles. The molecule has 0 aliphatic carbocycles. The number of halogens is 3. The van der Waals surface area contributed by atoms with E-state index in [1.807, 2.05) is 26.0 Å². The van der Waals surface area contributed by atoms with Crippen molar-refractivity contribution < 1.29 is 17.9 Å². The van der Waals surface area contributed by atoms with Gasteiger partial charge in [-0.1, -0.05) is 26.0 Å². The van der Waals surface area contributed by atoms with Gasteiger partial charge in [0.1, 0.15) is 5.75 Å². The van der Waals surface area contributed by atoms with E-state index in [-0.39, 0.29) is 6.42 Å². The van der Waals surface area contributed by atoms with Crippen LogP contribution >= 0.6 is 0 Å². The predicted molar refractivity (Wildman–Crippen MR) is 54.7 cm³/mol. The Morgan fingerprint density at radius 2 is 2.00 bits per heavy atom. The van der Waals surface area contributed by atoms with Crippen molar-refractivity contribution in [2.75, 3.05) is 0 Å². The van der Waals surface area contributed by atoms with Crippen LogP contribution in [0.15, 0.2) is 18.2 Å². The summed E-state index contributed by atoms with van der Waals surface area (Å²) in [6.07, 6.45) is -6.03. The highest BCUT2D eigenvalue weighted by Crippen LogP contribution is 2.37. The molecule has 0 aromatic heterocycles. The topological polar surface area (TPSA) is 9.23 Å². The monoisotopic (exact) mass is 230 g/mol. The molecule has 0 amide bonds. The Bertz CT molecular complexity index is 396. The van der Waals surface area contributed by atoms with Crippen molar-refractivity contribution in [1.29, 1.82) is 0 Å². The van der Waals surface area contributed by atoms with Crippen LogP contribution in [0.5, 0.6) is 5.75 Å². The Morgan fingerprint density at radius 3 is 2.56 bits per heavy atom. The maximum absolute atomic E-state index is 12.5. The van der Waals surface area contributed by atoms with Crippen molar-refractivity contribution in [2.24, 2.45) is 0 Å². The number of rotatable bonds is 1. The third-order valence-electron chi connectivity index (χ3n) is 2.79. The van der Waals surface area contributed by atoms with Crippen molar-refractivity contribution in [1.82, 2.24) is 0 Å². The van der Waals surface area contributed by atoms with E-state index in [1.54, 1.807) is 6.07 Å². The minimum atomic E-state index is -4.28. The number of hydrogen-bond acceptors (Lipinski definition) is 1. The Hall–Kier alpha value is -1.19. The Kier molecular flexibility index (Phi) is 2.60. The van der Waals surface area contributed by atoms with Gasteiger partial charge in [-0.3, -0.25) is 0 Å². The average molecular weight is 230 g/mol. The number of ether oxygens (including phenoxy) is 1. The van der Waals surface area contributed by atoms with Crippen molar-refractivity contribution in [3.63, 3.8) is 0 Å². The zero-order chi connectivity index (χ0) is 11.9. The second-order valence-electron chi connectivity index (χ2n) is 4.37. The summed E-state index contributed by atoms with van der Waals surface area (Å²) in [5.41, 5.74) is 1.71. The molecule has 16 heavy (non-hydrogen) atoms. The minimum absolute atomic E-state index is 0.0700. The summed E-state index contributed by atoms with van der Waals surface area (Å²) >= 11 is 0. The molecular weight excluding hydrogens is 217 g/mol. The molecule has 2 rings (SSSR count). The van der Waals surface area contributed by atoms with Gasteiger partial charge in [-0.15, -0.1) is 0 Å². The summed E-state index contributed by atoms with van der Waals surface area (Å²) < 4.78 is 42.3. The molecule has 1 aromatic carbocycles. The van der Waals surface area contributed by atoms with Gasteiger partial charge in [-0.25, -0.2) is 0 Å². The van der Waals surface area contributed by atoms with Crippen molar-refractivity contribution in [3.05, 3.63) is 29.3 Å². The molecule has 4 heteroatoms. The fourth-order valence-electron chi connectivity index (χ4n) is 1.81. The van der Waals surface area contributed by atoms with Gasteiger partial charge in [0.25, 0.3) is 0 Å². The fourth-order valence-corrected chi connectivity index (χ4v) is 1.81. The first-order valence-corrected chi connectivity index (χ1v) is 5.24. The third kappa shape index (κ3) is 2.01. The average Bonchev–Trinajstić information content (AvgIpc) is 2.58. The van der Waals surface area contributed by atoms with E-state index in [4.69, 9.17) is 4.74 Å². The SMILES string of the molecule is CC(C)c1ccc2c(c1)CC(C(F)(F)F)O2. The first-order chi connectivity index (χ1) is 7.38. The van der Waals surface area contributed by atoms with Gasteiger partial charge in [0, 0.05) is 6.42 Å². The van der Waals surface area contributed by atoms with Gasteiger partial charge in [0.15, 0.2) is 6.10 Å². The van der Waals surface area contributed by atoms with E-state index in [9.17, 15) is 13.2 Å². The van der Waals surface area contributed by atoms with Crippen LogP contribution in [0.2, 0.25) is 0 Å². The zero-order valence-corrected chi connectivity index (χ0v) is 9.14. The van der Waals surface area contributed by atoms with E-state index >= 15 is 0 Å². The molecule has 0 fully saturated rings. The van der Waals surface area contributed by atoms with Crippen LogP contribution in [-0.4, -0.2) is 12.3 Å². The van der Waals surface area contributed by atoms with Gasteiger partial charge in [-0.05, 0) is 23.1 Å². The molecule has 1 unspecified atom stereocenters. The summed E-state index contributed by atoms with van der Waals surface area (Å²) in [5, 5.41) is 0. The molecule has 0 saturated carbocycles. The van der Waals surface area contributed by atoms with E-state index < -0.39 is 12.3 Å². The highest BCUT2D eigenvalue weighted by atomic mass is 19.4. The largest absolute Gasteiger partial charge is 0.480 e. The second-order valence-corrected chi connectivity index (χ2v) is 4.37. The molecule has 0 radical (unpaired) electrons. The van der Waals surface area contributed by atoms with E-state index in [2.05, 4.69) is 0 Å². The minimum Gasteiger partial charge on any atom is -0.480 e. The van der Waals surface area contributed by atoms with E-state index in [0.717, 1.165) is 5.56 Å². The Labute approximate surface area is 92.2 Å². The van der Waals surface area contributed by atoms with Crippen LogP contribution in [0.1, 0.15) is 30.9 Å². The van der Waals surface area contributed by atoms with Gasteiger partial charge in [0.05, 0.1) is 0 Å². The molecule has 1 aliphatic rings. The summed E-state index contributed by atoms with van der Waals surface area (Å²) in [4.78, 5) is 0. The lowest BCUT2D eigenvalue weighted by atomic mass is 9.99. The Balaban J connectivity index is 2.25. The summed E-state index contributed by atoms with van der Waals surface area (Å²) in [6, 6.07) is 5.27. The first kappa shape index (κ1) is 11.3. The highest BCUT2D eigenvalue weighted by Gasteiger charge is 2.45. The van der Waals surface area contributed by atoms with Crippen LogP contribution in [0.25, 0.3) is 0 Å². The molecule has 1 aromatic rings. The lowest BCUT2D eigenvalue weighted by Crippen LogP contribution is -2.32. The number of alkyl halides is 3. The molecule has 1 nitrogen and oxygen atoms in total. The normalized spacial score (nSPS) is 19.8. The number of hydrogen-bond donors (Lipinski definition) is 0. The van der Waals surface area contributed by atoms with Crippen LogP contribution in [0, 0.1) is 0 Å². The maximum Gasteiger partial charge on any atom is 0.425 e.